The molecule has 7 heteroatoms. The molecule has 1 saturated heterocycles. The normalized spacial score (nSPS) is 16.4. The van der Waals surface area contributed by atoms with Crippen molar-refractivity contribution in [3.63, 3.8) is 0 Å². The fourth-order valence-electron chi connectivity index (χ4n) is 2.37. The maximum atomic E-state index is 6.08. The van der Waals surface area contributed by atoms with Crippen LogP contribution < -0.4 is 5.73 Å². The summed E-state index contributed by atoms with van der Waals surface area (Å²) in [5.74, 6) is 0.663. The fourth-order valence-corrected chi connectivity index (χ4v) is 2.37. The zero-order valence-corrected chi connectivity index (χ0v) is 15.0. The highest BCUT2D eigenvalue weighted by Gasteiger charge is 2.10. The summed E-state index contributed by atoms with van der Waals surface area (Å²) >= 11 is 0. The highest BCUT2D eigenvalue weighted by molar-refractivity contribution is 14.0. The Kier molecular flexibility index (Phi) is 8.67. The quantitative estimate of drug-likeness (QED) is 0.460. The Labute approximate surface area is 143 Å². The lowest BCUT2D eigenvalue weighted by Gasteiger charge is -2.20. The van der Waals surface area contributed by atoms with Gasteiger partial charge in [-0.2, -0.15) is 5.10 Å². The standard InChI is InChI=1S/C14H25N5O.HI/c1-20-9-8-19-12-13(11-17-19)10-16-14(15)18-6-4-2-3-5-7-18;/h11-12H,2-10H2,1H3,(H2,15,16);1H. The first-order valence-electron chi connectivity index (χ1n) is 7.35. The van der Waals surface area contributed by atoms with Crippen LogP contribution >= 0.6 is 24.0 Å². The molecule has 0 aromatic carbocycles. The average molecular weight is 407 g/mol. The van der Waals surface area contributed by atoms with Gasteiger partial charge < -0.3 is 15.4 Å². The highest BCUT2D eigenvalue weighted by Crippen LogP contribution is 2.09. The minimum atomic E-state index is 0. The highest BCUT2D eigenvalue weighted by atomic mass is 127. The molecule has 1 aliphatic rings. The number of methoxy groups -OCH3 is 1. The van der Waals surface area contributed by atoms with Gasteiger partial charge in [-0.05, 0) is 12.8 Å². The van der Waals surface area contributed by atoms with Gasteiger partial charge in [-0.25, -0.2) is 4.99 Å². The first kappa shape index (κ1) is 18.2. The lowest BCUT2D eigenvalue weighted by Crippen LogP contribution is -2.38. The Morgan fingerprint density at radius 3 is 2.71 bits per heavy atom. The Hall–Kier alpha value is -0.830. The van der Waals surface area contributed by atoms with Crippen LogP contribution in [0, 0.1) is 0 Å². The van der Waals surface area contributed by atoms with Gasteiger partial charge in [-0.3, -0.25) is 4.68 Å². The Morgan fingerprint density at radius 2 is 2.05 bits per heavy atom. The second-order valence-electron chi connectivity index (χ2n) is 5.18. The third-order valence-electron chi connectivity index (χ3n) is 3.56. The molecule has 0 bridgehead atoms. The number of rotatable bonds is 5. The van der Waals surface area contributed by atoms with E-state index in [1.807, 2.05) is 17.1 Å². The predicted octanol–water partition coefficient (Wildman–Crippen LogP) is 1.84. The van der Waals surface area contributed by atoms with Crippen LogP contribution in [0.1, 0.15) is 31.2 Å². The van der Waals surface area contributed by atoms with Crippen molar-refractivity contribution in [2.75, 3.05) is 26.8 Å². The molecule has 1 fully saturated rings. The van der Waals surface area contributed by atoms with Gasteiger partial charge in [0.25, 0.3) is 0 Å². The van der Waals surface area contributed by atoms with Gasteiger partial charge in [0.05, 0.1) is 25.9 Å². The molecule has 120 valence electrons. The van der Waals surface area contributed by atoms with Crippen LogP contribution in [0.4, 0.5) is 0 Å². The number of ether oxygens (including phenoxy) is 1. The lowest BCUT2D eigenvalue weighted by atomic mass is 10.2. The number of nitrogens with two attached hydrogens (primary N) is 1. The topological polar surface area (TPSA) is 68.7 Å². The summed E-state index contributed by atoms with van der Waals surface area (Å²) < 4.78 is 6.90. The molecule has 1 aromatic rings. The number of hydrogen-bond donors (Lipinski definition) is 1. The van der Waals surface area contributed by atoms with Crippen LogP contribution in [0.3, 0.4) is 0 Å². The minimum Gasteiger partial charge on any atom is -0.383 e. The number of guanidine groups is 1. The monoisotopic (exact) mass is 407 g/mol. The lowest BCUT2D eigenvalue weighted by molar-refractivity contribution is 0.183. The molecule has 0 radical (unpaired) electrons. The first-order chi connectivity index (χ1) is 9.79. The average Bonchev–Trinajstić information content (AvgIpc) is 2.73. The largest absolute Gasteiger partial charge is 0.383 e. The molecule has 0 amide bonds. The van der Waals surface area contributed by atoms with Gasteiger partial charge in [0, 0.05) is 32.0 Å². The molecule has 2 N–H and O–H groups in total. The van der Waals surface area contributed by atoms with Gasteiger partial charge in [-0.15, -0.1) is 24.0 Å². The molecule has 2 rings (SSSR count). The number of hydrogen-bond acceptors (Lipinski definition) is 3. The number of aromatic nitrogens is 2. The van der Waals surface area contributed by atoms with Crippen LogP contribution in [-0.2, 0) is 17.8 Å². The molecule has 1 aliphatic heterocycles. The molecular formula is C14H26IN5O. The fraction of sp³-hybridized carbons (Fsp3) is 0.714. The molecule has 0 spiro atoms. The predicted molar refractivity (Wildman–Crippen MR) is 94.9 cm³/mol. The van der Waals surface area contributed by atoms with Gasteiger partial charge >= 0.3 is 0 Å². The zero-order chi connectivity index (χ0) is 14.2. The van der Waals surface area contributed by atoms with E-state index in [2.05, 4.69) is 15.0 Å². The second-order valence-corrected chi connectivity index (χ2v) is 5.18. The van der Waals surface area contributed by atoms with Crippen LogP contribution in [0.2, 0.25) is 0 Å². The summed E-state index contributed by atoms with van der Waals surface area (Å²) in [6.45, 7) is 4.09. The van der Waals surface area contributed by atoms with Gasteiger partial charge in [0.1, 0.15) is 0 Å². The molecule has 0 unspecified atom stereocenters. The van der Waals surface area contributed by atoms with E-state index in [-0.39, 0.29) is 24.0 Å². The van der Waals surface area contributed by atoms with E-state index in [9.17, 15) is 0 Å². The van der Waals surface area contributed by atoms with Gasteiger partial charge in [-0.1, -0.05) is 12.8 Å². The van der Waals surface area contributed by atoms with Crippen LogP contribution in [0.25, 0.3) is 0 Å². The van der Waals surface area contributed by atoms with Crippen molar-refractivity contribution < 1.29 is 4.74 Å². The summed E-state index contributed by atoms with van der Waals surface area (Å²) in [5.41, 5.74) is 7.16. The van der Waals surface area contributed by atoms with Crippen LogP contribution in [0.5, 0.6) is 0 Å². The number of likely N-dealkylation sites (tertiary alicyclic amines) is 1. The van der Waals surface area contributed by atoms with Gasteiger partial charge in [0.2, 0.25) is 0 Å². The molecule has 21 heavy (non-hydrogen) atoms. The molecule has 0 aliphatic carbocycles. The summed E-state index contributed by atoms with van der Waals surface area (Å²) in [6.07, 6.45) is 8.87. The maximum Gasteiger partial charge on any atom is 0.191 e. The maximum absolute atomic E-state index is 6.08. The SMILES string of the molecule is COCCn1cc(CN=C(N)N2CCCCCC2)cn1.I. The van der Waals surface area contributed by atoms with Gasteiger partial charge in [0.15, 0.2) is 5.96 Å². The Balaban J connectivity index is 0.00000220. The van der Waals surface area contributed by atoms with E-state index < -0.39 is 0 Å². The van der Waals surface area contributed by atoms with Crippen molar-refractivity contribution in [2.45, 2.75) is 38.8 Å². The molecule has 1 aromatic heterocycles. The minimum absolute atomic E-state index is 0. The number of nitrogens with zero attached hydrogens (tertiary/aromatic N) is 4. The van der Waals surface area contributed by atoms with Crippen molar-refractivity contribution in [2.24, 2.45) is 10.7 Å². The van der Waals surface area contributed by atoms with E-state index in [0.29, 0.717) is 19.1 Å². The summed E-state index contributed by atoms with van der Waals surface area (Å²) in [5, 5.41) is 4.27. The Bertz CT molecular complexity index is 427. The van der Waals surface area contributed by atoms with Crippen molar-refractivity contribution in [3.05, 3.63) is 18.0 Å². The summed E-state index contributed by atoms with van der Waals surface area (Å²) in [4.78, 5) is 6.69. The zero-order valence-electron chi connectivity index (χ0n) is 12.7. The first-order valence-corrected chi connectivity index (χ1v) is 7.35. The van der Waals surface area contributed by atoms with E-state index in [1.165, 1.54) is 25.7 Å². The number of aliphatic imine (C=N–C) groups is 1. The molecule has 0 atom stereocenters. The van der Waals surface area contributed by atoms with E-state index in [4.69, 9.17) is 10.5 Å². The molecular weight excluding hydrogens is 381 g/mol. The van der Waals surface area contributed by atoms with E-state index >= 15 is 0 Å². The summed E-state index contributed by atoms with van der Waals surface area (Å²) in [6, 6.07) is 0. The third-order valence-corrected chi connectivity index (χ3v) is 3.56. The van der Waals surface area contributed by atoms with Crippen molar-refractivity contribution in [1.82, 2.24) is 14.7 Å². The molecule has 6 nitrogen and oxygen atoms in total. The second kappa shape index (κ2) is 9.99. The van der Waals surface area contributed by atoms with Crippen LogP contribution in [0.15, 0.2) is 17.4 Å². The van der Waals surface area contributed by atoms with Crippen molar-refractivity contribution in [1.29, 1.82) is 0 Å². The Morgan fingerprint density at radius 1 is 1.33 bits per heavy atom. The van der Waals surface area contributed by atoms with Crippen molar-refractivity contribution in [3.8, 4) is 0 Å². The van der Waals surface area contributed by atoms with Crippen LogP contribution in [-0.4, -0.2) is 47.4 Å². The smallest absolute Gasteiger partial charge is 0.191 e. The molecule has 0 saturated carbocycles. The molecule has 2 heterocycles. The number of halogens is 1. The third kappa shape index (κ3) is 6.21. The van der Waals surface area contributed by atoms with Crippen molar-refractivity contribution >= 4 is 29.9 Å². The van der Waals surface area contributed by atoms with E-state index in [0.717, 1.165) is 25.2 Å². The van der Waals surface area contributed by atoms with E-state index in [1.54, 1.807) is 7.11 Å². The summed E-state index contributed by atoms with van der Waals surface area (Å²) in [7, 11) is 1.69.